The molecule has 8 nitrogen and oxygen atoms in total. The molecule has 0 unspecified atom stereocenters. The summed E-state index contributed by atoms with van der Waals surface area (Å²) in [5.41, 5.74) is 13.2. The van der Waals surface area contributed by atoms with Crippen LogP contribution in [0.1, 0.15) is 0 Å². The second-order valence-electron chi connectivity index (χ2n) is 17.3. The summed E-state index contributed by atoms with van der Waals surface area (Å²) >= 11 is 0. The van der Waals surface area contributed by atoms with Crippen molar-refractivity contribution in [3.63, 3.8) is 0 Å². The third-order valence-corrected chi connectivity index (χ3v) is 13.1. The Bertz CT molecular complexity index is 4090. The molecule has 0 N–H and O–H groups in total. The molecule has 0 aliphatic rings. The minimum absolute atomic E-state index is 0.547. The predicted molar refractivity (Wildman–Crippen MR) is 277 cm³/mol. The summed E-state index contributed by atoms with van der Waals surface area (Å²) in [5, 5.41) is 6.95. The van der Waals surface area contributed by atoms with Gasteiger partial charge in [-0.15, -0.1) is 0 Å². The smallest absolute Gasteiger partial charge is 0.227 e. The van der Waals surface area contributed by atoms with Crippen LogP contribution < -0.4 is 0 Å². The molecular formula is C61H36N6O2. The fourth-order valence-electron chi connectivity index (χ4n) is 9.57. The number of nitrogens with zero attached hydrogens (tertiary/aromatic N) is 6. The third-order valence-electron chi connectivity index (χ3n) is 13.1. The summed E-state index contributed by atoms with van der Waals surface area (Å²) in [6.45, 7) is 0. The number of rotatable bonds is 7. The van der Waals surface area contributed by atoms with Crippen molar-refractivity contribution >= 4 is 65.6 Å². The highest BCUT2D eigenvalue weighted by atomic mass is 16.4. The fourth-order valence-corrected chi connectivity index (χ4v) is 9.57. The first-order valence-corrected chi connectivity index (χ1v) is 22.9. The van der Waals surface area contributed by atoms with Crippen molar-refractivity contribution in [2.75, 3.05) is 0 Å². The molecule has 0 fully saturated rings. The van der Waals surface area contributed by atoms with Gasteiger partial charge in [0.25, 0.3) is 0 Å². The number of hydrogen-bond acceptors (Lipinski definition) is 7. The number of para-hydroxylation sites is 4. The van der Waals surface area contributed by atoms with E-state index >= 15 is 0 Å². The molecule has 0 saturated heterocycles. The minimum atomic E-state index is 0.547. The maximum Gasteiger partial charge on any atom is 0.227 e. The summed E-state index contributed by atoms with van der Waals surface area (Å²) in [5.74, 6) is 2.77. The van der Waals surface area contributed by atoms with Gasteiger partial charge >= 0.3 is 0 Å². The van der Waals surface area contributed by atoms with Gasteiger partial charge in [-0.3, -0.25) is 0 Å². The van der Waals surface area contributed by atoms with Gasteiger partial charge in [-0.05, 0) is 124 Å². The summed E-state index contributed by atoms with van der Waals surface area (Å²) in [6, 6.07) is 75.3. The first kappa shape index (κ1) is 38.7. The van der Waals surface area contributed by atoms with E-state index in [1.807, 2.05) is 97.1 Å². The van der Waals surface area contributed by atoms with Crippen LogP contribution in [0, 0.1) is 0 Å². The van der Waals surface area contributed by atoms with E-state index in [0.29, 0.717) is 29.3 Å². The number of aromatic nitrogens is 6. The van der Waals surface area contributed by atoms with Gasteiger partial charge in [0.1, 0.15) is 11.0 Å². The van der Waals surface area contributed by atoms with Crippen LogP contribution in [0.15, 0.2) is 227 Å². The van der Waals surface area contributed by atoms with Crippen molar-refractivity contribution in [1.29, 1.82) is 0 Å². The summed E-state index contributed by atoms with van der Waals surface area (Å²) in [6.07, 6.45) is 0. The van der Waals surface area contributed by atoms with Gasteiger partial charge in [0.2, 0.25) is 11.8 Å². The van der Waals surface area contributed by atoms with Crippen LogP contribution in [0.25, 0.3) is 139 Å². The summed E-state index contributed by atoms with van der Waals surface area (Å²) in [7, 11) is 0. The van der Waals surface area contributed by atoms with Crippen molar-refractivity contribution in [1.82, 2.24) is 29.5 Å². The molecule has 0 amide bonds. The third kappa shape index (κ3) is 6.73. The van der Waals surface area contributed by atoms with Gasteiger partial charge < -0.3 is 13.4 Å². The topological polar surface area (TPSA) is 95.7 Å². The van der Waals surface area contributed by atoms with E-state index in [0.717, 1.165) is 77.5 Å². The normalized spacial score (nSPS) is 11.8. The maximum atomic E-state index is 6.10. The number of hydrogen-bond donors (Lipinski definition) is 0. The van der Waals surface area contributed by atoms with Crippen molar-refractivity contribution in [2.45, 2.75) is 0 Å². The monoisotopic (exact) mass is 884 g/mol. The molecule has 0 aliphatic carbocycles. The Balaban J connectivity index is 0.897. The molecule has 0 aliphatic heterocycles. The lowest BCUT2D eigenvalue weighted by atomic mass is 10.0. The minimum Gasteiger partial charge on any atom is -0.436 e. The van der Waals surface area contributed by atoms with Crippen LogP contribution in [0.4, 0.5) is 0 Å². The average Bonchev–Trinajstić information content (AvgIpc) is 4.14. The van der Waals surface area contributed by atoms with Gasteiger partial charge in [-0.1, -0.05) is 127 Å². The standard InChI is InChI=1S/C61H36N6O2/c1-2-10-37(11-3-1)38-28-30-48(31-29-38)67-53-35-44-13-5-4-12-43(44)33-49(53)50-34-47-32-46(27-26-45(47)36-54(50)67)59-65-57(39-18-22-41(23-19-39)60-62-51-14-6-8-16-55(51)68-60)64-58(66-59)40-20-24-42(25-21-40)61-63-52-15-7-9-17-56(52)69-61/h1-36H. The van der Waals surface area contributed by atoms with Crippen molar-refractivity contribution in [3.05, 3.63) is 218 Å². The van der Waals surface area contributed by atoms with E-state index in [9.17, 15) is 0 Å². The summed E-state index contributed by atoms with van der Waals surface area (Å²) < 4.78 is 14.6. The first-order valence-electron chi connectivity index (χ1n) is 22.9. The zero-order chi connectivity index (χ0) is 45.4. The van der Waals surface area contributed by atoms with E-state index in [4.69, 9.17) is 33.8 Å². The zero-order valence-corrected chi connectivity index (χ0v) is 36.8. The number of fused-ring (bicyclic) bond motifs is 7. The Morgan fingerprint density at radius 1 is 0.290 bits per heavy atom. The molecule has 14 aromatic rings. The van der Waals surface area contributed by atoms with E-state index < -0.39 is 0 Å². The second kappa shape index (κ2) is 15.5. The Morgan fingerprint density at radius 2 is 0.710 bits per heavy atom. The quantitative estimate of drug-likeness (QED) is 0.157. The first-order chi connectivity index (χ1) is 34.1. The van der Waals surface area contributed by atoms with Gasteiger partial charge in [-0.25, -0.2) is 24.9 Å². The zero-order valence-electron chi connectivity index (χ0n) is 36.8. The molecule has 10 aromatic carbocycles. The number of benzene rings is 10. The molecule has 0 atom stereocenters. The molecule has 0 radical (unpaired) electrons. The second-order valence-corrected chi connectivity index (χ2v) is 17.3. The Kier molecular flexibility index (Phi) is 8.72. The Morgan fingerprint density at radius 3 is 1.28 bits per heavy atom. The maximum absolute atomic E-state index is 6.10. The van der Waals surface area contributed by atoms with Crippen molar-refractivity contribution in [3.8, 4) is 73.9 Å². The van der Waals surface area contributed by atoms with E-state index in [1.54, 1.807) is 0 Å². The van der Waals surface area contributed by atoms with Crippen molar-refractivity contribution in [2.24, 2.45) is 0 Å². The van der Waals surface area contributed by atoms with Crippen LogP contribution >= 0.6 is 0 Å². The lowest BCUT2D eigenvalue weighted by molar-refractivity contribution is 0.619. The summed E-state index contributed by atoms with van der Waals surface area (Å²) in [4.78, 5) is 24.8. The molecule has 0 bridgehead atoms. The lowest BCUT2D eigenvalue weighted by Crippen LogP contribution is -2.00. The van der Waals surface area contributed by atoms with Crippen molar-refractivity contribution < 1.29 is 8.83 Å². The highest BCUT2D eigenvalue weighted by Crippen LogP contribution is 2.39. The van der Waals surface area contributed by atoms with Gasteiger partial charge in [-0.2, -0.15) is 0 Å². The Labute approximate surface area is 394 Å². The van der Waals surface area contributed by atoms with Gasteiger partial charge in [0, 0.05) is 44.3 Å². The SMILES string of the molecule is c1ccc(-c2ccc(-n3c4cc5ccccc5cc4c4cc5cc(-c6nc(-c7ccc(-c8nc9ccccc9o8)cc7)nc(-c7ccc(-c8nc9ccccc9o8)cc7)n6)ccc5cc43)cc2)cc1. The van der Waals surface area contributed by atoms with Gasteiger partial charge in [0.05, 0.1) is 11.0 Å². The molecule has 4 heterocycles. The van der Waals surface area contributed by atoms with E-state index in [-0.39, 0.29) is 0 Å². The molecule has 14 rings (SSSR count). The molecule has 4 aromatic heterocycles. The highest BCUT2D eigenvalue weighted by Gasteiger charge is 2.19. The van der Waals surface area contributed by atoms with Gasteiger partial charge in [0.15, 0.2) is 28.6 Å². The van der Waals surface area contributed by atoms with Crippen LogP contribution in [-0.4, -0.2) is 29.5 Å². The molecule has 8 heteroatoms. The lowest BCUT2D eigenvalue weighted by Gasteiger charge is -2.11. The average molecular weight is 885 g/mol. The largest absolute Gasteiger partial charge is 0.436 e. The molecule has 69 heavy (non-hydrogen) atoms. The predicted octanol–water partition coefficient (Wildman–Crippen LogP) is 15.6. The van der Waals surface area contributed by atoms with Crippen LogP contribution in [0.2, 0.25) is 0 Å². The molecule has 0 spiro atoms. The van der Waals surface area contributed by atoms with Crippen LogP contribution in [0.5, 0.6) is 0 Å². The van der Waals surface area contributed by atoms with Crippen LogP contribution in [0.3, 0.4) is 0 Å². The number of oxazole rings is 2. The molecule has 322 valence electrons. The fraction of sp³-hybridized carbons (Fsp3) is 0. The molecular weight excluding hydrogens is 849 g/mol. The van der Waals surface area contributed by atoms with E-state index in [2.05, 4.69) is 126 Å². The highest BCUT2D eigenvalue weighted by molar-refractivity contribution is 6.17. The van der Waals surface area contributed by atoms with E-state index in [1.165, 1.54) is 32.7 Å². The van der Waals surface area contributed by atoms with Crippen LogP contribution in [-0.2, 0) is 0 Å². The molecule has 0 saturated carbocycles. The Hall–Kier alpha value is -9.53.